The van der Waals surface area contributed by atoms with Gasteiger partial charge in [0.1, 0.15) is 12.7 Å². The van der Waals surface area contributed by atoms with Crippen LogP contribution in [0.5, 0.6) is 0 Å². The molecule has 1 fully saturated rings. The van der Waals surface area contributed by atoms with Crippen LogP contribution in [-0.4, -0.2) is 38.4 Å². The number of epoxide rings is 1. The Kier molecular flexibility index (Phi) is 3.45. The topological polar surface area (TPSA) is 65.1 Å². The minimum Gasteiger partial charge on any atom is -0.466 e. The molecule has 5 heteroatoms. The first-order valence-corrected chi connectivity index (χ1v) is 3.76. The number of hydrogen-bond acceptors (Lipinski definition) is 5. The Balaban J connectivity index is 2.14. The Morgan fingerprint density at radius 1 is 1.46 bits per heavy atom. The molecule has 13 heavy (non-hydrogen) atoms. The van der Waals surface area contributed by atoms with Crippen LogP contribution in [0.3, 0.4) is 0 Å². The van der Waals surface area contributed by atoms with E-state index in [2.05, 4.69) is 4.74 Å². The second-order valence-corrected chi connectivity index (χ2v) is 2.44. The van der Waals surface area contributed by atoms with Gasteiger partial charge in [-0.15, -0.1) is 0 Å². The van der Waals surface area contributed by atoms with Crippen molar-refractivity contribution in [1.82, 2.24) is 0 Å². The van der Waals surface area contributed by atoms with Gasteiger partial charge in [0, 0.05) is 12.2 Å². The summed E-state index contributed by atoms with van der Waals surface area (Å²) in [5, 5.41) is 0. The van der Waals surface area contributed by atoms with Crippen LogP contribution in [-0.2, 0) is 23.8 Å². The number of ether oxygens (including phenoxy) is 3. The maximum absolute atomic E-state index is 10.8. The van der Waals surface area contributed by atoms with Crippen LogP contribution in [0.2, 0.25) is 0 Å². The number of rotatable bonds is 4. The molecule has 0 aromatic carbocycles. The van der Waals surface area contributed by atoms with E-state index in [4.69, 9.17) is 9.47 Å². The lowest BCUT2D eigenvalue weighted by Gasteiger charge is -1.96. The first-order valence-electron chi connectivity index (χ1n) is 3.76. The highest BCUT2D eigenvalue weighted by Crippen LogP contribution is 2.08. The maximum atomic E-state index is 10.8. The fourth-order valence-electron chi connectivity index (χ4n) is 0.592. The molecule has 0 aromatic rings. The van der Waals surface area contributed by atoms with Crippen LogP contribution in [0.4, 0.5) is 0 Å². The van der Waals surface area contributed by atoms with Crippen molar-refractivity contribution in [2.45, 2.75) is 6.10 Å². The minimum atomic E-state index is -0.584. The Morgan fingerprint density at radius 2 is 2.08 bits per heavy atom. The van der Waals surface area contributed by atoms with Gasteiger partial charge in [-0.05, 0) is 0 Å². The van der Waals surface area contributed by atoms with E-state index in [1.54, 1.807) is 0 Å². The number of esters is 2. The molecular formula is C8H10O5. The summed E-state index contributed by atoms with van der Waals surface area (Å²) in [5.41, 5.74) is 0. The van der Waals surface area contributed by atoms with Gasteiger partial charge in [0.2, 0.25) is 0 Å². The van der Waals surface area contributed by atoms with E-state index >= 15 is 0 Å². The average Bonchev–Trinajstić information content (AvgIpc) is 2.94. The van der Waals surface area contributed by atoms with Crippen LogP contribution < -0.4 is 0 Å². The van der Waals surface area contributed by atoms with Gasteiger partial charge < -0.3 is 14.2 Å². The summed E-state index contributed by atoms with van der Waals surface area (Å²) in [6, 6.07) is 0. The van der Waals surface area contributed by atoms with Gasteiger partial charge in [-0.2, -0.15) is 0 Å². The molecular weight excluding hydrogens is 176 g/mol. The van der Waals surface area contributed by atoms with Crippen molar-refractivity contribution in [3.05, 3.63) is 12.2 Å². The van der Waals surface area contributed by atoms with E-state index in [0.29, 0.717) is 6.61 Å². The molecule has 0 bridgehead atoms. The molecule has 0 spiro atoms. The highest BCUT2D eigenvalue weighted by molar-refractivity contribution is 5.91. The Morgan fingerprint density at radius 3 is 2.62 bits per heavy atom. The molecule has 5 nitrogen and oxygen atoms in total. The van der Waals surface area contributed by atoms with E-state index in [1.807, 2.05) is 0 Å². The highest BCUT2D eigenvalue weighted by atomic mass is 16.6. The molecule has 0 radical (unpaired) electrons. The van der Waals surface area contributed by atoms with Gasteiger partial charge in [-0.3, -0.25) is 0 Å². The van der Waals surface area contributed by atoms with Crippen LogP contribution in [0, 0.1) is 0 Å². The van der Waals surface area contributed by atoms with Crippen LogP contribution >= 0.6 is 0 Å². The van der Waals surface area contributed by atoms with Crippen molar-refractivity contribution in [3.8, 4) is 0 Å². The molecule has 1 aliphatic heterocycles. The zero-order valence-corrected chi connectivity index (χ0v) is 7.19. The third kappa shape index (κ3) is 4.27. The van der Waals surface area contributed by atoms with Crippen LogP contribution in [0.15, 0.2) is 12.2 Å². The van der Waals surface area contributed by atoms with Crippen molar-refractivity contribution in [3.63, 3.8) is 0 Å². The quantitative estimate of drug-likeness (QED) is 0.341. The van der Waals surface area contributed by atoms with Gasteiger partial charge in [-0.25, -0.2) is 9.59 Å². The molecule has 1 aliphatic rings. The molecule has 1 rings (SSSR count). The molecule has 1 unspecified atom stereocenters. The second-order valence-electron chi connectivity index (χ2n) is 2.44. The summed E-state index contributed by atoms with van der Waals surface area (Å²) in [6.07, 6.45) is 2.07. The van der Waals surface area contributed by atoms with E-state index in [0.717, 1.165) is 12.2 Å². The number of carbonyl (C=O) groups excluding carboxylic acids is 2. The molecule has 1 heterocycles. The zero-order chi connectivity index (χ0) is 9.68. The molecule has 1 saturated heterocycles. The lowest BCUT2D eigenvalue weighted by Crippen LogP contribution is -2.07. The molecule has 0 aliphatic carbocycles. The Hall–Kier alpha value is -1.36. The minimum absolute atomic E-state index is 0.0375. The summed E-state index contributed by atoms with van der Waals surface area (Å²) in [5.74, 6) is -1.15. The van der Waals surface area contributed by atoms with Crippen molar-refractivity contribution >= 4 is 11.9 Å². The number of hydrogen-bond donors (Lipinski definition) is 0. The van der Waals surface area contributed by atoms with Crippen molar-refractivity contribution < 1.29 is 23.8 Å². The van der Waals surface area contributed by atoms with Crippen molar-refractivity contribution in [1.29, 1.82) is 0 Å². The number of methoxy groups -OCH3 is 1. The second kappa shape index (κ2) is 4.61. The molecule has 1 atom stereocenters. The Bertz CT molecular complexity index is 229. The smallest absolute Gasteiger partial charge is 0.331 e. The van der Waals surface area contributed by atoms with E-state index in [-0.39, 0.29) is 12.7 Å². The summed E-state index contributed by atoms with van der Waals surface area (Å²) in [7, 11) is 1.23. The first kappa shape index (κ1) is 9.73. The lowest BCUT2D eigenvalue weighted by atomic mass is 10.5. The van der Waals surface area contributed by atoms with Crippen LogP contribution in [0.25, 0.3) is 0 Å². The third-order valence-corrected chi connectivity index (χ3v) is 1.37. The highest BCUT2D eigenvalue weighted by Gasteiger charge is 2.23. The lowest BCUT2D eigenvalue weighted by molar-refractivity contribution is -0.139. The first-order chi connectivity index (χ1) is 6.22. The Labute approximate surface area is 75.3 Å². The SMILES string of the molecule is COC(=O)C=CC(=O)OCC1CO1. The maximum Gasteiger partial charge on any atom is 0.331 e. The fourth-order valence-corrected chi connectivity index (χ4v) is 0.592. The van der Waals surface area contributed by atoms with Gasteiger partial charge in [-0.1, -0.05) is 0 Å². The van der Waals surface area contributed by atoms with Gasteiger partial charge in [0.15, 0.2) is 0 Å². The van der Waals surface area contributed by atoms with Gasteiger partial charge >= 0.3 is 11.9 Å². The number of carbonyl (C=O) groups is 2. The van der Waals surface area contributed by atoms with Crippen LogP contribution in [0.1, 0.15) is 0 Å². The predicted octanol–water partition coefficient (Wildman–Crippen LogP) is -0.342. The molecule has 72 valence electrons. The summed E-state index contributed by atoms with van der Waals surface area (Å²) >= 11 is 0. The molecule has 0 saturated carbocycles. The van der Waals surface area contributed by atoms with Crippen molar-refractivity contribution in [2.75, 3.05) is 20.3 Å². The van der Waals surface area contributed by atoms with E-state index in [1.165, 1.54) is 7.11 Å². The summed E-state index contributed by atoms with van der Waals surface area (Å²) in [4.78, 5) is 21.3. The zero-order valence-electron chi connectivity index (χ0n) is 7.19. The van der Waals surface area contributed by atoms with E-state index < -0.39 is 11.9 Å². The van der Waals surface area contributed by atoms with Gasteiger partial charge in [0.25, 0.3) is 0 Å². The van der Waals surface area contributed by atoms with Crippen molar-refractivity contribution in [2.24, 2.45) is 0 Å². The summed E-state index contributed by atoms with van der Waals surface area (Å²) in [6.45, 7) is 0.873. The third-order valence-electron chi connectivity index (χ3n) is 1.37. The molecule has 0 aromatic heterocycles. The summed E-state index contributed by atoms with van der Waals surface area (Å²) < 4.78 is 13.8. The monoisotopic (exact) mass is 186 g/mol. The average molecular weight is 186 g/mol. The molecule has 0 amide bonds. The molecule has 0 N–H and O–H groups in total. The largest absolute Gasteiger partial charge is 0.466 e. The van der Waals surface area contributed by atoms with E-state index in [9.17, 15) is 9.59 Å². The normalized spacial score (nSPS) is 19.9. The van der Waals surface area contributed by atoms with Gasteiger partial charge in [0.05, 0.1) is 13.7 Å². The fraction of sp³-hybridized carbons (Fsp3) is 0.500. The standard InChI is InChI=1S/C8H10O5/c1-11-7(9)2-3-8(10)13-5-6-4-12-6/h2-3,6H,4-5H2,1H3. The predicted molar refractivity (Wildman–Crippen MR) is 41.9 cm³/mol.